The van der Waals surface area contributed by atoms with Gasteiger partial charge in [0.15, 0.2) is 6.61 Å². The van der Waals surface area contributed by atoms with Gasteiger partial charge in [-0.05, 0) is 62.4 Å². The predicted molar refractivity (Wildman–Crippen MR) is 140 cm³/mol. The highest BCUT2D eigenvalue weighted by Gasteiger charge is 2.31. The van der Waals surface area contributed by atoms with Gasteiger partial charge < -0.3 is 15.0 Å². The molecule has 0 saturated heterocycles. The van der Waals surface area contributed by atoms with Crippen LogP contribution in [0.25, 0.3) is 0 Å². The Labute approximate surface area is 213 Å². The molecule has 0 aliphatic carbocycles. The first-order chi connectivity index (χ1) is 15.7. The summed E-state index contributed by atoms with van der Waals surface area (Å²) in [6.45, 7) is 13.9. The van der Waals surface area contributed by atoms with Gasteiger partial charge in [0.2, 0.25) is 5.91 Å². The third-order valence-electron chi connectivity index (χ3n) is 5.36. The quantitative estimate of drug-likeness (QED) is 0.450. The van der Waals surface area contributed by atoms with Crippen LogP contribution in [0.4, 0.5) is 0 Å². The van der Waals surface area contributed by atoms with E-state index in [1.54, 1.807) is 18.2 Å². The fraction of sp³-hybridized carbons (Fsp3) is 0.481. The molecule has 2 amide bonds. The second kappa shape index (κ2) is 11.5. The van der Waals surface area contributed by atoms with Crippen molar-refractivity contribution in [1.29, 1.82) is 0 Å². The molecular weight excluding hydrogens is 471 g/mol. The molecule has 0 spiro atoms. The molecule has 0 radical (unpaired) electrons. The normalized spacial score (nSPS) is 12.7. The van der Waals surface area contributed by atoms with Crippen LogP contribution in [0.2, 0.25) is 10.0 Å². The summed E-state index contributed by atoms with van der Waals surface area (Å²) >= 11 is 12.8. The zero-order valence-corrected chi connectivity index (χ0v) is 22.7. The smallest absolute Gasteiger partial charge is 0.261 e. The molecule has 1 N–H and O–H groups in total. The Morgan fingerprint density at radius 2 is 1.53 bits per heavy atom. The third kappa shape index (κ3) is 7.92. The molecule has 0 bridgehead atoms. The number of nitrogens with zero attached hydrogens (tertiary/aromatic N) is 1. The minimum atomic E-state index is -0.703. The Hall–Kier alpha value is -2.24. The van der Waals surface area contributed by atoms with Gasteiger partial charge >= 0.3 is 0 Å². The summed E-state index contributed by atoms with van der Waals surface area (Å²) in [4.78, 5) is 28.0. The van der Waals surface area contributed by atoms with Gasteiger partial charge in [0.25, 0.3) is 5.91 Å². The molecule has 186 valence electrons. The highest BCUT2D eigenvalue weighted by Crippen LogP contribution is 2.28. The lowest BCUT2D eigenvalue weighted by atomic mass is 9.87. The van der Waals surface area contributed by atoms with E-state index in [-0.39, 0.29) is 30.4 Å². The summed E-state index contributed by atoms with van der Waals surface area (Å²) in [5.74, 6) is 0.0251. The molecule has 0 saturated carbocycles. The van der Waals surface area contributed by atoms with Crippen LogP contribution in [-0.4, -0.2) is 34.9 Å². The van der Waals surface area contributed by atoms with E-state index in [2.05, 4.69) is 26.1 Å². The number of amides is 2. The maximum Gasteiger partial charge on any atom is 0.261 e. The van der Waals surface area contributed by atoms with Crippen molar-refractivity contribution in [3.63, 3.8) is 0 Å². The summed E-state index contributed by atoms with van der Waals surface area (Å²) in [6.07, 6.45) is 0.427. The van der Waals surface area contributed by atoms with E-state index in [9.17, 15) is 9.59 Å². The summed E-state index contributed by atoms with van der Waals surface area (Å²) < 4.78 is 5.80. The fourth-order valence-corrected chi connectivity index (χ4v) is 4.02. The van der Waals surface area contributed by atoms with Crippen molar-refractivity contribution in [2.24, 2.45) is 0 Å². The zero-order valence-electron chi connectivity index (χ0n) is 21.2. The molecule has 7 heteroatoms. The summed E-state index contributed by atoms with van der Waals surface area (Å²) in [5.41, 5.74) is 1.35. The topological polar surface area (TPSA) is 58.6 Å². The monoisotopic (exact) mass is 506 g/mol. The number of benzene rings is 2. The Kier molecular flexibility index (Phi) is 9.44. The van der Waals surface area contributed by atoms with Gasteiger partial charge in [0.05, 0.1) is 0 Å². The summed E-state index contributed by atoms with van der Waals surface area (Å²) in [7, 11) is 0. The highest BCUT2D eigenvalue weighted by atomic mass is 35.5. The lowest BCUT2D eigenvalue weighted by Gasteiger charge is -2.33. The van der Waals surface area contributed by atoms with E-state index in [0.717, 1.165) is 0 Å². The van der Waals surface area contributed by atoms with Gasteiger partial charge in [-0.2, -0.15) is 0 Å². The molecule has 1 atom stereocenters. The number of carbonyl (C=O) groups is 2. The number of rotatable bonds is 8. The van der Waals surface area contributed by atoms with Gasteiger partial charge in [-0.15, -0.1) is 0 Å². The maximum atomic E-state index is 13.4. The van der Waals surface area contributed by atoms with Gasteiger partial charge in [-0.1, -0.05) is 69.1 Å². The molecule has 0 aliphatic rings. The van der Waals surface area contributed by atoms with Gasteiger partial charge in [0.1, 0.15) is 11.8 Å². The summed E-state index contributed by atoms with van der Waals surface area (Å²) in [6, 6.07) is 12.2. The average Bonchev–Trinajstić information content (AvgIpc) is 2.72. The van der Waals surface area contributed by atoms with Crippen molar-refractivity contribution >= 4 is 35.0 Å². The van der Waals surface area contributed by atoms with Crippen LogP contribution in [-0.2, 0) is 21.5 Å². The van der Waals surface area contributed by atoms with Crippen LogP contribution in [0.3, 0.4) is 0 Å². The molecule has 2 aromatic carbocycles. The first kappa shape index (κ1) is 28.0. The minimum absolute atomic E-state index is 0.0220. The molecule has 0 heterocycles. The van der Waals surface area contributed by atoms with E-state index in [1.165, 1.54) is 10.5 Å². The lowest BCUT2D eigenvalue weighted by Crippen LogP contribution is -2.54. The van der Waals surface area contributed by atoms with Crippen LogP contribution < -0.4 is 10.1 Å². The van der Waals surface area contributed by atoms with E-state index >= 15 is 0 Å². The lowest BCUT2D eigenvalue weighted by molar-refractivity contribution is -0.143. The van der Waals surface area contributed by atoms with E-state index in [1.807, 2.05) is 52.0 Å². The van der Waals surface area contributed by atoms with Crippen molar-refractivity contribution < 1.29 is 14.3 Å². The molecule has 34 heavy (non-hydrogen) atoms. The molecule has 0 aromatic heterocycles. The Morgan fingerprint density at radius 1 is 0.971 bits per heavy atom. The average molecular weight is 508 g/mol. The van der Waals surface area contributed by atoms with Gasteiger partial charge in [0, 0.05) is 27.7 Å². The van der Waals surface area contributed by atoms with Crippen LogP contribution in [0.1, 0.15) is 66.0 Å². The largest absolute Gasteiger partial charge is 0.484 e. The van der Waals surface area contributed by atoms with Crippen molar-refractivity contribution in [2.45, 2.75) is 78.4 Å². The number of hydrogen-bond donors (Lipinski definition) is 1. The van der Waals surface area contributed by atoms with Crippen LogP contribution >= 0.6 is 23.2 Å². The highest BCUT2D eigenvalue weighted by molar-refractivity contribution is 6.36. The van der Waals surface area contributed by atoms with Crippen LogP contribution in [0.15, 0.2) is 42.5 Å². The first-order valence-corrected chi connectivity index (χ1v) is 12.3. The van der Waals surface area contributed by atoms with Crippen molar-refractivity contribution in [3.05, 3.63) is 63.6 Å². The van der Waals surface area contributed by atoms with E-state index < -0.39 is 11.6 Å². The van der Waals surface area contributed by atoms with Crippen LogP contribution in [0, 0.1) is 0 Å². The van der Waals surface area contributed by atoms with Gasteiger partial charge in [-0.25, -0.2) is 0 Å². The second-order valence-electron chi connectivity index (χ2n) is 10.4. The van der Waals surface area contributed by atoms with E-state index in [0.29, 0.717) is 27.8 Å². The van der Waals surface area contributed by atoms with Gasteiger partial charge in [-0.3, -0.25) is 9.59 Å². The number of carbonyl (C=O) groups excluding carboxylic acids is 2. The van der Waals surface area contributed by atoms with Crippen LogP contribution in [0.5, 0.6) is 5.75 Å². The minimum Gasteiger partial charge on any atom is -0.484 e. The number of ether oxygens (including phenoxy) is 1. The molecular formula is C27H36Cl2N2O3. The van der Waals surface area contributed by atoms with Crippen molar-refractivity contribution in [1.82, 2.24) is 10.2 Å². The Morgan fingerprint density at radius 3 is 2.00 bits per heavy atom. The SMILES string of the molecule is CCC(C(=O)NC(C)(C)C)N(Cc1c(Cl)cccc1Cl)C(=O)COc1ccc(C(C)(C)C)cc1. The number of nitrogens with one attached hydrogen (secondary N) is 1. The molecule has 1 unspecified atom stereocenters. The molecule has 5 nitrogen and oxygen atoms in total. The van der Waals surface area contributed by atoms with E-state index in [4.69, 9.17) is 27.9 Å². The standard InChI is InChI=1S/C27H36Cl2N2O3/c1-8-23(25(33)30-27(5,6)7)31(16-20-21(28)10-9-11-22(20)29)24(32)17-34-19-14-12-18(13-15-19)26(2,3)4/h9-15,23H,8,16-17H2,1-7H3,(H,30,33). The first-order valence-electron chi connectivity index (χ1n) is 11.5. The third-order valence-corrected chi connectivity index (χ3v) is 6.07. The predicted octanol–water partition coefficient (Wildman–Crippen LogP) is 6.39. The number of hydrogen-bond acceptors (Lipinski definition) is 3. The molecule has 0 aliphatic heterocycles. The molecule has 2 aromatic rings. The van der Waals surface area contributed by atoms with Crippen molar-refractivity contribution in [3.8, 4) is 5.75 Å². The zero-order chi connectivity index (χ0) is 25.7. The maximum absolute atomic E-state index is 13.4. The second-order valence-corrected chi connectivity index (χ2v) is 11.3. The number of halogens is 2. The fourth-order valence-electron chi connectivity index (χ4n) is 3.51. The van der Waals surface area contributed by atoms with Crippen molar-refractivity contribution in [2.75, 3.05) is 6.61 Å². The Balaban J connectivity index is 2.28. The molecule has 0 fully saturated rings. The summed E-state index contributed by atoms with van der Waals surface area (Å²) in [5, 5.41) is 3.85. The molecule has 2 rings (SSSR count). The Bertz CT molecular complexity index is 972.